The highest BCUT2D eigenvalue weighted by molar-refractivity contribution is 7.91. The summed E-state index contributed by atoms with van der Waals surface area (Å²) in [6, 6.07) is 3.94. The smallest absolute Gasteiger partial charge is 0.152 e. The number of hydrogen-bond acceptors (Lipinski definition) is 4. The lowest BCUT2D eigenvalue weighted by molar-refractivity contribution is 0.400. The predicted octanol–water partition coefficient (Wildman–Crippen LogP) is 0.791. The summed E-state index contributed by atoms with van der Waals surface area (Å²) in [7, 11) is -2.82. The zero-order valence-corrected chi connectivity index (χ0v) is 10.8. The summed E-state index contributed by atoms with van der Waals surface area (Å²) in [6.07, 6.45) is 5.18. The summed E-state index contributed by atoms with van der Waals surface area (Å²) in [4.78, 5) is 4.05. The van der Waals surface area contributed by atoms with Gasteiger partial charge >= 0.3 is 0 Å². The molecule has 4 nitrogen and oxygen atoms in total. The first-order chi connectivity index (χ1) is 7.99. The Morgan fingerprint density at radius 3 is 2.94 bits per heavy atom. The molecule has 1 fully saturated rings. The lowest BCUT2D eigenvalue weighted by Gasteiger charge is -2.23. The second kappa shape index (κ2) is 4.74. The molecule has 1 aromatic rings. The van der Waals surface area contributed by atoms with Crippen molar-refractivity contribution in [3.05, 3.63) is 30.1 Å². The Kier molecular flexibility index (Phi) is 3.49. The fraction of sp³-hybridized carbons (Fsp3) is 0.583. The number of hydrogen-bond donors (Lipinski definition) is 1. The lowest BCUT2D eigenvalue weighted by atomic mass is 10.0. The number of nitrogens with zero attached hydrogens (tertiary/aromatic N) is 1. The molecule has 1 aliphatic rings. The first kappa shape index (κ1) is 12.5. The van der Waals surface area contributed by atoms with Gasteiger partial charge in [-0.2, -0.15) is 0 Å². The molecule has 17 heavy (non-hydrogen) atoms. The van der Waals surface area contributed by atoms with Crippen molar-refractivity contribution in [3.63, 3.8) is 0 Å². The highest BCUT2D eigenvalue weighted by Gasteiger charge is 2.37. The van der Waals surface area contributed by atoms with Gasteiger partial charge in [0.2, 0.25) is 0 Å². The molecular weight excluding hydrogens is 236 g/mol. The first-order valence-electron chi connectivity index (χ1n) is 5.84. The molecule has 1 N–H and O–H groups in total. The molecule has 0 saturated carbocycles. The second-order valence-electron chi connectivity index (χ2n) is 4.94. The zero-order chi connectivity index (χ0) is 12.4. The van der Waals surface area contributed by atoms with Crippen LogP contribution in [-0.4, -0.2) is 37.0 Å². The van der Waals surface area contributed by atoms with E-state index in [2.05, 4.69) is 10.3 Å². The van der Waals surface area contributed by atoms with Gasteiger partial charge in [0.05, 0.1) is 11.5 Å². The van der Waals surface area contributed by atoms with Crippen molar-refractivity contribution in [3.8, 4) is 0 Å². The Morgan fingerprint density at radius 2 is 2.35 bits per heavy atom. The van der Waals surface area contributed by atoms with Crippen LogP contribution in [0.5, 0.6) is 0 Å². The molecule has 0 bridgehead atoms. The van der Waals surface area contributed by atoms with E-state index in [-0.39, 0.29) is 11.3 Å². The summed E-state index contributed by atoms with van der Waals surface area (Å²) in [5, 5.41) is 3.36. The van der Waals surface area contributed by atoms with Crippen LogP contribution in [0, 0.1) is 0 Å². The van der Waals surface area contributed by atoms with Gasteiger partial charge < -0.3 is 5.32 Å². The van der Waals surface area contributed by atoms with Gasteiger partial charge in [0.15, 0.2) is 9.84 Å². The van der Waals surface area contributed by atoms with Crippen LogP contribution in [0.25, 0.3) is 0 Å². The number of rotatable bonds is 4. The van der Waals surface area contributed by atoms with Crippen LogP contribution in [-0.2, 0) is 16.3 Å². The molecule has 1 unspecified atom stereocenters. The third kappa shape index (κ3) is 3.51. The summed E-state index contributed by atoms with van der Waals surface area (Å²) in [5.74, 6) is 0.566. The zero-order valence-electron chi connectivity index (χ0n) is 10.0. The van der Waals surface area contributed by atoms with Crippen LogP contribution in [0.15, 0.2) is 24.5 Å². The molecule has 5 heteroatoms. The Morgan fingerprint density at radius 1 is 1.53 bits per heavy atom. The maximum absolute atomic E-state index is 11.4. The number of pyridine rings is 1. The average Bonchev–Trinajstić information content (AvgIpc) is 2.55. The lowest BCUT2D eigenvalue weighted by Crippen LogP contribution is -2.44. The SMILES string of the molecule is CC1(NCCc2cccnc2)CCS(=O)(=O)C1. The summed E-state index contributed by atoms with van der Waals surface area (Å²) in [5.41, 5.74) is 0.922. The first-order valence-corrected chi connectivity index (χ1v) is 7.66. The van der Waals surface area contributed by atoms with Gasteiger partial charge in [-0.15, -0.1) is 0 Å². The van der Waals surface area contributed by atoms with Crippen LogP contribution in [0.4, 0.5) is 0 Å². The van der Waals surface area contributed by atoms with Crippen molar-refractivity contribution < 1.29 is 8.42 Å². The Hall–Kier alpha value is -0.940. The highest BCUT2D eigenvalue weighted by atomic mass is 32.2. The predicted molar refractivity (Wildman–Crippen MR) is 67.6 cm³/mol. The Labute approximate surface area is 102 Å². The molecular formula is C12H18N2O2S. The second-order valence-corrected chi connectivity index (χ2v) is 7.12. The van der Waals surface area contributed by atoms with Crippen LogP contribution in [0.3, 0.4) is 0 Å². The Balaban J connectivity index is 1.83. The van der Waals surface area contributed by atoms with Crippen molar-refractivity contribution >= 4 is 9.84 Å². The number of aromatic nitrogens is 1. The number of sulfone groups is 1. The molecule has 0 aliphatic carbocycles. The van der Waals surface area contributed by atoms with Gasteiger partial charge in [-0.05, 0) is 37.9 Å². The van der Waals surface area contributed by atoms with E-state index in [0.717, 1.165) is 13.0 Å². The normalized spacial score (nSPS) is 27.1. The third-order valence-corrected chi connectivity index (χ3v) is 5.09. The maximum atomic E-state index is 11.4. The molecule has 0 aromatic carbocycles. The monoisotopic (exact) mass is 254 g/mol. The van der Waals surface area contributed by atoms with E-state index in [0.29, 0.717) is 12.2 Å². The summed E-state index contributed by atoms with van der Waals surface area (Å²) >= 11 is 0. The van der Waals surface area contributed by atoms with E-state index >= 15 is 0 Å². The number of nitrogens with one attached hydrogen (secondary N) is 1. The fourth-order valence-electron chi connectivity index (χ4n) is 2.20. The fourth-order valence-corrected chi connectivity index (χ4v) is 4.33. The van der Waals surface area contributed by atoms with E-state index in [1.54, 1.807) is 6.20 Å². The van der Waals surface area contributed by atoms with Crippen molar-refractivity contribution in [1.29, 1.82) is 0 Å². The van der Waals surface area contributed by atoms with E-state index in [9.17, 15) is 8.42 Å². The molecule has 1 aromatic heterocycles. The van der Waals surface area contributed by atoms with Gasteiger partial charge in [-0.3, -0.25) is 4.98 Å². The Bertz CT molecular complexity index is 473. The molecule has 94 valence electrons. The van der Waals surface area contributed by atoms with Gasteiger partial charge in [0.1, 0.15) is 0 Å². The molecule has 1 atom stereocenters. The molecule has 0 radical (unpaired) electrons. The molecule has 0 amide bonds. The highest BCUT2D eigenvalue weighted by Crippen LogP contribution is 2.22. The van der Waals surface area contributed by atoms with E-state index < -0.39 is 9.84 Å². The van der Waals surface area contributed by atoms with Gasteiger partial charge in [0.25, 0.3) is 0 Å². The maximum Gasteiger partial charge on any atom is 0.152 e. The minimum absolute atomic E-state index is 0.249. The van der Waals surface area contributed by atoms with Crippen molar-refractivity contribution in [2.45, 2.75) is 25.3 Å². The standard InChI is InChI=1S/C12H18N2O2S/c1-12(5-8-17(15,16)10-12)14-7-4-11-3-2-6-13-9-11/h2-3,6,9,14H,4-5,7-8,10H2,1H3. The van der Waals surface area contributed by atoms with Crippen molar-refractivity contribution in [2.24, 2.45) is 0 Å². The van der Waals surface area contributed by atoms with E-state index in [1.165, 1.54) is 5.56 Å². The van der Waals surface area contributed by atoms with Crippen LogP contribution in [0.1, 0.15) is 18.9 Å². The van der Waals surface area contributed by atoms with Crippen LogP contribution >= 0.6 is 0 Å². The topological polar surface area (TPSA) is 59.1 Å². The van der Waals surface area contributed by atoms with Gasteiger partial charge in [-0.1, -0.05) is 6.07 Å². The molecule has 2 rings (SSSR count). The van der Waals surface area contributed by atoms with Gasteiger partial charge in [0, 0.05) is 17.9 Å². The molecule has 2 heterocycles. The largest absolute Gasteiger partial charge is 0.310 e. The van der Waals surface area contributed by atoms with Gasteiger partial charge in [-0.25, -0.2) is 8.42 Å². The molecule has 1 saturated heterocycles. The summed E-state index contributed by atoms with van der Waals surface area (Å²) < 4.78 is 22.9. The summed E-state index contributed by atoms with van der Waals surface area (Å²) in [6.45, 7) is 2.78. The molecule has 1 aliphatic heterocycles. The average molecular weight is 254 g/mol. The van der Waals surface area contributed by atoms with Crippen molar-refractivity contribution in [2.75, 3.05) is 18.1 Å². The minimum atomic E-state index is -2.82. The quantitative estimate of drug-likeness (QED) is 0.863. The molecule has 0 spiro atoms. The van der Waals surface area contributed by atoms with Crippen molar-refractivity contribution in [1.82, 2.24) is 10.3 Å². The minimum Gasteiger partial charge on any atom is -0.310 e. The van der Waals surface area contributed by atoms with Crippen LogP contribution in [0.2, 0.25) is 0 Å². The third-order valence-electron chi connectivity index (χ3n) is 3.19. The van der Waals surface area contributed by atoms with Crippen LogP contribution < -0.4 is 5.32 Å². The van der Waals surface area contributed by atoms with E-state index in [4.69, 9.17) is 0 Å². The van der Waals surface area contributed by atoms with E-state index in [1.807, 2.05) is 25.3 Å².